The van der Waals surface area contributed by atoms with E-state index in [4.69, 9.17) is 28.9 Å². The first-order valence-electron chi connectivity index (χ1n) is 5.58. The Kier molecular flexibility index (Phi) is 4.76. The number of primary amides is 1. The number of carbonyl (C=O) groups is 1. The van der Waals surface area contributed by atoms with Crippen LogP contribution in [0.15, 0.2) is 12.1 Å². The third kappa shape index (κ3) is 3.58. The fourth-order valence-electron chi connectivity index (χ4n) is 1.51. The summed E-state index contributed by atoms with van der Waals surface area (Å²) in [5.41, 5.74) is 4.85. The number of hydrogen-bond donors (Lipinski definition) is 1. The van der Waals surface area contributed by atoms with Gasteiger partial charge in [-0.1, -0.05) is 43.1 Å². The van der Waals surface area contributed by atoms with Gasteiger partial charge in [-0.2, -0.15) is 0 Å². The van der Waals surface area contributed by atoms with Crippen molar-refractivity contribution in [2.45, 2.75) is 26.7 Å². The number of halogens is 2. The standard InChI is InChI=1S/C12H14Cl2N2O3/c1-12(2,11(15)17)6-5-7-3-4-8(13)10(9(7)14)16(18)19/h3-4H,5-6H2,1-2H3,(H2,15,17). The molecule has 0 saturated heterocycles. The van der Waals surface area contributed by atoms with Crippen molar-refractivity contribution in [2.75, 3.05) is 0 Å². The second-order valence-corrected chi connectivity index (χ2v) is 5.66. The molecule has 7 heteroatoms. The molecular formula is C12H14Cl2N2O3. The lowest BCUT2D eigenvalue weighted by molar-refractivity contribution is -0.384. The summed E-state index contributed by atoms with van der Waals surface area (Å²) in [7, 11) is 0. The second-order valence-electron chi connectivity index (χ2n) is 4.87. The molecule has 0 aliphatic rings. The van der Waals surface area contributed by atoms with E-state index in [1.165, 1.54) is 6.07 Å². The predicted molar refractivity (Wildman–Crippen MR) is 74.4 cm³/mol. The molecule has 19 heavy (non-hydrogen) atoms. The number of nitrogens with zero attached hydrogens (tertiary/aromatic N) is 1. The molecule has 0 radical (unpaired) electrons. The molecule has 0 fully saturated rings. The lowest BCUT2D eigenvalue weighted by Crippen LogP contribution is -2.31. The summed E-state index contributed by atoms with van der Waals surface area (Å²) in [5.74, 6) is -0.424. The van der Waals surface area contributed by atoms with Gasteiger partial charge in [-0.05, 0) is 24.5 Å². The van der Waals surface area contributed by atoms with Gasteiger partial charge < -0.3 is 5.73 Å². The minimum atomic E-state index is -0.697. The molecule has 0 saturated carbocycles. The topological polar surface area (TPSA) is 86.2 Å². The first-order valence-corrected chi connectivity index (χ1v) is 6.33. The van der Waals surface area contributed by atoms with Crippen molar-refractivity contribution in [3.05, 3.63) is 37.9 Å². The highest BCUT2D eigenvalue weighted by atomic mass is 35.5. The maximum atomic E-state index is 11.2. The maximum Gasteiger partial charge on any atom is 0.306 e. The molecule has 0 heterocycles. The van der Waals surface area contributed by atoms with Gasteiger partial charge in [-0.25, -0.2) is 0 Å². The highest BCUT2D eigenvalue weighted by Crippen LogP contribution is 2.36. The highest BCUT2D eigenvalue weighted by Gasteiger charge is 2.26. The van der Waals surface area contributed by atoms with Crippen molar-refractivity contribution in [2.24, 2.45) is 11.1 Å². The van der Waals surface area contributed by atoms with Gasteiger partial charge in [0.05, 0.1) is 4.92 Å². The van der Waals surface area contributed by atoms with Crippen molar-refractivity contribution in [3.8, 4) is 0 Å². The van der Waals surface area contributed by atoms with Gasteiger partial charge in [0.1, 0.15) is 10.0 Å². The van der Waals surface area contributed by atoms with Gasteiger partial charge in [-0.3, -0.25) is 14.9 Å². The van der Waals surface area contributed by atoms with E-state index >= 15 is 0 Å². The molecule has 2 N–H and O–H groups in total. The Bertz CT molecular complexity index is 530. The van der Waals surface area contributed by atoms with Gasteiger partial charge in [0, 0.05) is 5.41 Å². The molecule has 1 amide bonds. The van der Waals surface area contributed by atoms with Crippen molar-refractivity contribution in [1.82, 2.24) is 0 Å². The molecule has 0 spiro atoms. The molecule has 5 nitrogen and oxygen atoms in total. The normalized spacial score (nSPS) is 11.4. The number of nitrogens with two attached hydrogens (primary N) is 1. The summed E-state index contributed by atoms with van der Waals surface area (Å²) in [6.07, 6.45) is 0.855. The number of nitro benzene ring substituents is 1. The highest BCUT2D eigenvalue weighted by molar-refractivity contribution is 6.38. The van der Waals surface area contributed by atoms with Crippen LogP contribution in [0.1, 0.15) is 25.8 Å². The van der Waals surface area contributed by atoms with Crippen LogP contribution in [0.25, 0.3) is 0 Å². The Morgan fingerprint density at radius 2 is 2.00 bits per heavy atom. The van der Waals surface area contributed by atoms with Gasteiger partial charge >= 0.3 is 5.69 Å². The number of rotatable bonds is 5. The molecule has 0 aliphatic carbocycles. The minimum Gasteiger partial charge on any atom is -0.369 e. The van der Waals surface area contributed by atoms with Crippen LogP contribution < -0.4 is 5.73 Å². The van der Waals surface area contributed by atoms with Gasteiger partial charge in [-0.15, -0.1) is 0 Å². The minimum absolute atomic E-state index is 0.00656. The summed E-state index contributed by atoms with van der Waals surface area (Å²) >= 11 is 11.7. The quantitative estimate of drug-likeness (QED) is 0.668. The number of carbonyl (C=O) groups excluding carboxylic acids is 1. The molecule has 104 valence electrons. The zero-order valence-electron chi connectivity index (χ0n) is 10.6. The van der Waals surface area contributed by atoms with Crippen molar-refractivity contribution >= 4 is 34.8 Å². The molecule has 1 aromatic carbocycles. The first kappa shape index (κ1) is 15.7. The Hall–Kier alpha value is -1.33. The van der Waals surface area contributed by atoms with Crippen LogP contribution in [0.4, 0.5) is 5.69 Å². The van der Waals surface area contributed by atoms with E-state index in [0.29, 0.717) is 18.4 Å². The van der Waals surface area contributed by atoms with E-state index in [-0.39, 0.29) is 15.7 Å². The number of benzene rings is 1. The molecule has 0 atom stereocenters. The number of nitro groups is 1. The third-order valence-corrected chi connectivity index (χ3v) is 3.74. The predicted octanol–water partition coefficient (Wildman–Crippen LogP) is 3.35. The SMILES string of the molecule is CC(C)(CCc1ccc(Cl)c([N+](=O)[O-])c1Cl)C(N)=O. The van der Waals surface area contributed by atoms with Crippen LogP contribution in [0.2, 0.25) is 10.0 Å². The molecule has 0 aromatic heterocycles. The number of amides is 1. The van der Waals surface area contributed by atoms with Crippen LogP contribution in [0.3, 0.4) is 0 Å². The second kappa shape index (κ2) is 5.75. The van der Waals surface area contributed by atoms with Crippen molar-refractivity contribution < 1.29 is 9.72 Å². The summed E-state index contributed by atoms with van der Waals surface area (Å²) in [5, 5.41) is 10.9. The average Bonchev–Trinajstić information content (AvgIpc) is 2.27. The van der Waals surface area contributed by atoms with E-state index in [2.05, 4.69) is 0 Å². The Morgan fingerprint density at radius 3 is 2.47 bits per heavy atom. The Morgan fingerprint density at radius 1 is 1.42 bits per heavy atom. The number of hydrogen-bond acceptors (Lipinski definition) is 3. The molecule has 0 bridgehead atoms. The molecule has 0 aliphatic heterocycles. The largest absolute Gasteiger partial charge is 0.369 e. The van der Waals surface area contributed by atoms with Gasteiger partial charge in [0.25, 0.3) is 0 Å². The van der Waals surface area contributed by atoms with E-state index in [1.807, 2.05) is 0 Å². The van der Waals surface area contributed by atoms with Crippen LogP contribution >= 0.6 is 23.2 Å². The average molecular weight is 305 g/mol. The zero-order chi connectivity index (χ0) is 14.8. The zero-order valence-corrected chi connectivity index (χ0v) is 12.1. The van der Waals surface area contributed by atoms with Crippen molar-refractivity contribution in [3.63, 3.8) is 0 Å². The van der Waals surface area contributed by atoms with Gasteiger partial charge in [0.2, 0.25) is 5.91 Å². The van der Waals surface area contributed by atoms with Crippen LogP contribution in [0.5, 0.6) is 0 Å². The summed E-state index contributed by atoms with van der Waals surface area (Å²) in [6.45, 7) is 3.43. The van der Waals surface area contributed by atoms with E-state index in [9.17, 15) is 14.9 Å². The number of aryl methyl sites for hydroxylation is 1. The first-order chi connectivity index (χ1) is 8.66. The summed E-state index contributed by atoms with van der Waals surface area (Å²) in [6, 6.07) is 3.05. The molecule has 1 rings (SSSR count). The Balaban J connectivity index is 3.01. The third-order valence-electron chi connectivity index (χ3n) is 3.02. The van der Waals surface area contributed by atoms with E-state index in [1.54, 1.807) is 19.9 Å². The van der Waals surface area contributed by atoms with E-state index in [0.717, 1.165) is 0 Å². The van der Waals surface area contributed by atoms with Crippen LogP contribution in [0, 0.1) is 15.5 Å². The van der Waals surface area contributed by atoms with Gasteiger partial charge in [0.15, 0.2) is 0 Å². The molecule has 1 aromatic rings. The van der Waals surface area contributed by atoms with Crippen molar-refractivity contribution in [1.29, 1.82) is 0 Å². The maximum absolute atomic E-state index is 11.2. The van der Waals surface area contributed by atoms with Crippen LogP contribution in [-0.4, -0.2) is 10.8 Å². The monoisotopic (exact) mass is 304 g/mol. The molecular weight excluding hydrogens is 291 g/mol. The fraction of sp³-hybridized carbons (Fsp3) is 0.417. The molecule has 0 unspecified atom stereocenters. The van der Waals surface area contributed by atoms with E-state index < -0.39 is 16.2 Å². The Labute approximate surface area is 120 Å². The smallest absolute Gasteiger partial charge is 0.306 e. The lowest BCUT2D eigenvalue weighted by Gasteiger charge is -2.20. The summed E-state index contributed by atoms with van der Waals surface area (Å²) < 4.78 is 0. The fourth-order valence-corrected chi connectivity index (χ4v) is 2.12. The lowest BCUT2D eigenvalue weighted by atomic mass is 9.85. The van der Waals surface area contributed by atoms with Crippen LogP contribution in [-0.2, 0) is 11.2 Å². The summed E-state index contributed by atoms with van der Waals surface area (Å²) in [4.78, 5) is 21.5.